The normalized spacial score (nSPS) is 10.7. The molecule has 0 spiro atoms. The van der Waals surface area contributed by atoms with Gasteiger partial charge in [-0.3, -0.25) is 14.4 Å². The van der Waals surface area contributed by atoms with Crippen LogP contribution >= 0.6 is 11.3 Å². The van der Waals surface area contributed by atoms with Gasteiger partial charge in [0.25, 0.3) is 11.5 Å². The highest BCUT2D eigenvalue weighted by atomic mass is 32.1. The predicted octanol–water partition coefficient (Wildman–Crippen LogP) is 2.11. The predicted molar refractivity (Wildman–Crippen MR) is 111 cm³/mol. The van der Waals surface area contributed by atoms with Crippen LogP contribution in [0.1, 0.15) is 40.8 Å². The number of rotatable bonds is 9. The van der Waals surface area contributed by atoms with Gasteiger partial charge in [0.1, 0.15) is 18.9 Å². The Morgan fingerprint density at radius 2 is 2.00 bits per heavy atom. The van der Waals surface area contributed by atoms with E-state index < -0.39 is 11.9 Å². The third kappa shape index (κ3) is 5.63. The quantitative estimate of drug-likeness (QED) is 0.409. The Morgan fingerprint density at radius 1 is 1.23 bits per heavy atom. The fourth-order valence-corrected chi connectivity index (χ4v) is 3.36. The Morgan fingerprint density at radius 3 is 2.73 bits per heavy atom. The van der Waals surface area contributed by atoms with Gasteiger partial charge < -0.3 is 14.8 Å². The first-order chi connectivity index (χ1) is 14.5. The minimum absolute atomic E-state index is 0.106. The maximum Gasteiger partial charge on any atom is 0.325 e. The van der Waals surface area contributed by atoms with Crippen LogP contribution in [0.3, 0.4) is 0 Å². The van der Waals surface area contributed by atoms with Gasteiger partial charge in [-0.15, -0.1) is 0 Å². The number of ether oxygens (including phenoxy) is 2. The second kappa shape index (κ2) is 9.97. The maximum atomic E-state index is 12.2. The van der Waals surface area contributed by atoms with E-state index in [0.717, 1.165) is 28.7 Å². The number of fused-ring (bicyclic) bond motifs is 1. The van der Waals surface area contributed by atoms with Gasteiger partial charge in [0.15, 0.2) is 5.01 Å². The molecule has 1 N–H and O–H groups in total. The lowest BCUT2D eigenvalue weighted by molar-refractivity contribution is -0.143. The average Bonchev–Trinajstić information content (AvgIpc) is 3.14. The third-order valence-corrected chi connectivity index (χ3v) is 4.93. The van der Waals surface area contributed by atoms with Crippen LogP contribution in [0.15, 0.2) is 35.1 Å². The standard InChI is InChI=1S/C20H22N4O5S/c1-3-4-9-28-15-7-5-14(6-8-15)19(27)21-11-18(26)29-12-16-23-24-17(25)10-13(2)22-20(24)30-16/h5-8,10H,3-4,9,11-12H2,1-2H3,(H,21,27). The summed E-state index contributed by atoms with van der Waals surface area (Å²) in [6, 6.07) is 8.08. The topological polar surface area (TPSA) is 112 Å². The number of benzene rings is 1. The summed E-state index contributed by atoms with van der Waals surface area (Å²) >= 11 is 1.16. The molecule has 3 rings (SSSR count). The zero-order valence-corrected chi connectivity index (χ0v) is 17.5. The molecule has 158 valence electrons. The number of aromatic nitrogens is 3. The van der Waals surface area contributed by atoms with Crippen molar-refractivity contribution in [2.75, 3.05) is 13.2 Å². The molecule has 0 radical (unpaired) electrons. The zero-order chi connectivity index (χ0) is 21.5. The lowest BCUT2D eigenvalue weighted by atomic mass is 10.2. The van der Waals surface area contributed by atoms with Gasteiger partial charge in [-0.1, -0.05) is 24.7 Å². The first-order valence-corrected chi connectivity index (χ1v) is 10.3. The lowest BCUT2D eigenvalue weighted by Gasteiger charge is -2.07. The van der Waals surface area contributed by atoms with Gasteiger partial charge in [0.2, 0.25) is 4.96 Å². The first kappa shape index (κ1) is 21.4. The monoisotopic (exact) mass is 430 g/mol. The van der Waals surface area contributed by atoms with Crippen LogP contribution in [0.4, 0.5) is 0 Å². The Labute approximate surface area is 176 Å². The van der Waals surface area contributed by atoms with Gasteiger partial charge in [-0.25, -0.2) is 4.98 Å². The number of esters is 1. The van der Waals surface area contributed by atoms with Crippen molar-refractivity contribution < 1.29 is 19.1 Å². The summed E-state index contributed by atoms with van der Waals surface area (Å²) in [5, 5.41) is 7.03. The number of carbonyl (C=O) groups excluding carboxylic acids is 2. The van der Waals surface area contributed by atoms with Crippen LogP contribution in [0.2, 0.25) is 0 Å². The molecule has 3 aromatic rings. The summed E-state index contributed by atoms with van der Waals surface area (Å²) in [4.78, 5) is 40.6. The number of aryl methyl sites for hydroxylation is 1. The number of hydrogen-bond acceptors (Lipinski definition) is 8. The van der Waals surface area contributed by atoms with Crippen LogP contribution in [0, 0.1) is 6.92 Å². The largest absolute Gasteiger partial charge is 0.494 e. The van der Waals surface area contributed by atoms with E-state index in [-0.39, 0.29) is 18.7 Å². The molecule has 0 aliphatic heterocycles. The summed E-state index contributed by atoms with van der Waals surface area (Å²) in [7, 11) is 0. The molecule has 0 saturated carbocycles. The van der Waals surface area contributed by atoms with Crippen LogP contribution in [-0.4, -0.2) is 39.6 Å². The van der Waals surface area contributed by atoms with E-state index in [4.69, 9.17) is 9.47 Å². The van der Waals surface area contributed by atoms with Crippen molar-refractivity contribution >= 4 is 28.2 Å². The molecule has 2 aromatic heterocycles. The van der Waals surface area contributed by atoms with Crippen molar-refractivity contribution in [3.8, 4) is 5.75 Å². The Kier molecular flexibility index (Phi) is 7.12. The summed E-state index contributed by atoms with van der Waals surface area (Å²) in [6.45, 7) is 4.05. The number of amides is 1. The van der Waals surface area contributed by atoms with Crippen LogP contribution < -0.4 is 15.6 Å². The molecule has 2 heterocycles. The lowest BCUT2D eigenvalue weighted by Crippen LogP contribution is -2.30. The SMILES string of the molecule is CCCCOc1ccc(C(=O)NCC(=O)OCc2nn3c(=O)cc(C)nc3s2)cc1. The third-order valence-electron chi connectivity index (χ3n) is 4.05. The Hall–Kier alpha value is -3.27. The molecule has 0 saturated heterocycles. The van der Waals surface area contributed by atoms with Crippen LogP contribution in [0.25, 0.3) is 4.96 Å². The second-order valence-electron chi connectivity index (χ2n) is 6.50. The van der Waals surface area contributed by atoms with Gasteiger partial charge >= 0.3 is 5.97 Å². The van der Waals surface area contributed by atoms with Crippen LogP contribution in [0.5, 0.6) is 5.75 Å². The average molecular weight is 430 g/mol. The molecule has 10 heteroatoms. The van der Waals surface area contributed by atoms with Crippen molar-refractivity contribution in [1.82, 2.24) is 19.9 Å². The Balaban J connectivity index is 1.47. The highest BCUT2D eigenvalue weighted by Gasteiger charge is 2.12. The van der Waals surface area contributed by atoms with E-state index in [9.17, 15) is 14.4 Å². The minimum atomic E-state index is -0.612. The van der Waals surface area contributed by atoms with E-state index in [0.29, 0.717) is 33.6 Å². The molecular formula is C20H22N4O5S. The van der Waals surface area contributed by atoms with Gasteiger partial charge in [-0.05, 0) is 37.6 Å². The van der Waals surface area contributed by atoms with E-state index in [1.807, 2.05) is 0 Å². The molecule has 0 aliphatic carbocycles. The zero-order valence-electron chi connectivity index (χ0n) is 16.7. The number of nitrogens with one attached hydrogen (secondary N) is 1. The molecule has 0 aliphatic rings. The van der Waals surface area contributed by atoms with E-state index >= 15 is 0 Å². The second-order valence-corrected chi connectivity index (χ2v) is 7.54. The number of unbranched alkanes of at least 4 members (excludes halogenated alkanes) is 1. The van der Waals surface area contributed by atoms with Crippen LogP contribution in [-0.2, 0) is 16.1 Å². The first-order valence-electron chi connectivity index (χ1n) is 9.49. The molecule has 1 aromatic carbocycles. The molecule has 9 nitrogen and oxygen atoms in total. The smallest absolute Gasteiger partial charge is 0.325 e. The minimum Gasteiger partial charge on any atom is -0.494 e. The molecule has 0 bridgehead atoms. The van der Waals surface area contributed by atoms with E-state index in [1.54, 1.807) is 31.2 Å². The summed E-state index contributed by atoms with van der Waals surface area (Å²) in [6.07, 6.45) is 2.01. The molecule has 30 heavy (non-hydrogen) atoms. The van der Waals surface area contributed by atoms with Crippen molar-refractivity contribution in [2.24, 2.45) is 0 Å². The highest BCUT2D eigenvalue weighted by molar-refractivity contribution is 7.16. The van der Waals surface area contributed by atoms with Crippen molar-refractivity contribution in [3.63, 3.8) is 0 Å². The van der Waals surface area contributed by atoms with E-state index in [2.05, 4.69) is 22.3 Å². The van der Waals surface area contributed by atoms with Gasteiger partial charge in [0.05, 0.1) is 6.61 Å². The number of carbonyl (C=O) groups is 2. The molecule has 0 atom stereocenters. The van der Waals surface area contributed by atoms with E-state index in [1.165, 1.54) is 6.07 Å². The highest BCUT2D eigenvalue weighted by Crippen LogP contribution is 2.13. The summed E-state index contributed by atoms with van der Waals surface area (Å²) < 4.78 is 11.8. The molecular weight excluding hydrogens is 408 g/mol. The van der Waals surface area contributed by atoms with Crippen molar-refractivity contribution in [2.45, 2.75) is 33.3 Å². The molecule has 1 amide bonds. The molecule has 0 fully saturated rings. The van der Waals surface area contributed by atoms with Gasteiger partial charge in [0, 0.05) is 17.3 Å². The fourth-order valence-electron chi connectivity index (χ4n) is 2.50. The van der Waals surface area contributed by atoms with Crippen molar-refractivity contribution in [1.29, 1.82) is 0 Å². The summed E-state index contributed by atoms with van der Waals surface area (Å²) in [5.74, 6) is -0.309. The maximum absolute atomic E-state index is 12.2. The van der Waals surface area contributed by atoms with Crippen molar-refractivity contribution in [3.05, 3.63) is 57.0 Å². The van der Waals surface area contributed by atoms with Gasteiger partial charge in [-0.2, -0.15) is 9.61 Å². The Bertz CT molecular complexity index is 1090. The molecule has 0 unspecified atom stereocenters. The number of nitrogens with zero attached hydrogens (tertiary/aromatic N) is 3. The fraction of sp³-hybridized carbons (Fsp3) is 0.350. The number of hydrogen-bond donors (Lipinski definition) is 1. The summed E-state index contributed by atoms with van der Waals surface area (Å²) in [5.41, 5.74) is 0.716.